The van der Waals surface area contributed by atoms with E-state index < -0.39 is 12.3 Å². The van der Waals surface area contributed by atoms with Gasteiger partial charge in [-0.3, -0.25) is 9.59 Å². The molecule has 136 valence electrons. The van der Waals surface area contributed by atoms with Crippen LogP contribution in [0.15, 0.2) is 54.6 Å². The molecule has 8 heteroatoms. The van der Waals surface area contributed by atoms with Gasteiger partial charge in [-0.1, -0.05) is 18.2 Å². The average molecular weight is 364 g/mol. The molecule has 1 atom stereocenters. The Morgan fingerprint density at radius 2 is 1.73 bits per heavy atom. The van der Waals surface area contributed by atoms with E-state index in [4.69, 9.17) is 0 Å². The van der Waals surface area contributed by atoms with E-state index >= 15 is 0 Å². The van der Waals surface area contributed by atoms with E-state index in [2.05, 4.69) is 10.1 Å². The van der Waals surface area contributed by atoms with Crippen LogP contribution in [-0.2, 0) is 9.59 Å². The maximum atomic E-state index is 12.3. The molecular formula is C18H15F3N2O3. The van der Waals surface area contributed by atoms with Crippen LogP contribution < -0.4 is 15.0 Å². The summed E-state index contributed by atoms with van der Waals surface area (Å²) in [7, 11) is 0. The Morgan fingerprint density at radius 3 is 2.35 bits per heavy atom. The number of alkyl halides is 3. The number of ether oxygens (including phenoxy) is 1. The Balaban J connectivity index is 1.61. The van der Waals surface area contributed by atoms with Crippen LogP contribution in [0.4, 0.5) is 24.5 Å². The number of amides is 2. The number of nitrogens with zero attached hydrogens (tertiary/aromatic N) is 1. The Kier molecular flexibility index (Phi) is 4.83. The second-order valence-electron chi connectivity index (χ2n) is 5.80. The van der Waals surface area contributed by atoms with Gasteiger partial charge in [-0.2, -0.15) is 0 Å². The number of carbonyl (C=O) groups is 2. The van der Waals surface area contributed by atoms with Crippen molar-refractivity contribution in [2.45, 2.75) is 12.8 Å². The van der Waals surface area contributed by atoms with E-state index in [-0.39, 0.29) is 30.5 Å². The van der Waals surface area contributed by atoms with E-state index in [1.807, 2.05) is 6.07 Å². The van der Waals surface area contributed by atoms with Crippen molar-refractivity contribution >= 4 is 23.2 Å². The molecule has 1 saturated heterocycles. The lowest BCUT2D eigenvalue weighted by Crippen LogP contribution is -2.28. The number of benzene rings is 2. The van der Waals surface area contributed by atoms with E-state index in [0.29, 0.717) is 5.69 Å². The molecule has 1 N–H and O–H groups in total. The van der Waals surface area contributed by atoms with Crippen molar-refractivity contribution in [2.24, 2.45) is 5.92 Å². The molecule has 2 aromatic carbocycles. The SMILES string of the molecule is O=C(Nc1ccc(OC(F)(F)F)cc1)C1CC(=O)N(c2ccccc2)C1. The van der Waals surface area contributed by atoms with Crippen LogP contribution in [0.5, 0.6) is 5.75 Å². The van der Waals surface area contributed by atoms with E-state index in [0.717, 1.165) is 17.8 Å². The van der Waals surface area contributed by atoms with E-state index in [1.54, 1.807) is 29.2 Å². The molecule has 2 aromatic rings. The maximum absolute atomic E-state index is 12.3. The largest absolute Gasteiger partial charge is 0.573 e. The third kappa shape index (κ3) is 4.33. The molecule has 2 amide bonds. The summed E-state index contributed by atoms with van der Waals surface area (Å²) in [5.41, 5.74) is 1.05. The van der Waals surface area contributed by atoms with Crippen LogP contribution in [0, 0.1) is 5.92 Å². The Labute approximate surface area is 147 Å². The first-order chi connectivity index (χ1) is 12.3. The highest BCUT2D eigenvalue weighted by molar-refractivity contribution is 6.03. The Hall–Kier alpha value is -3.03. The number of hydrogen-bond donors (Lipinski definition) is 1. The molecule has 1 unspecified atom stereocenters. The van der Waals surface area contributed by atoms with Crippen molar-refractivity contribution in [1.82, 2.24) is 0 Å². The van der Waals surface area contributed by atoms with Crippen LogP contribution in [0.1, 0.15) is 6.42 Å². The van der Waals surface area contributed by atoms with Gasteiger partial charge in [0.1, 0.15) is 5.75 Å². The standard InChI is InChI=1S/C18H15F3N2O3/c19-18(20,21)26-15-8-6-13(7-9-15)22-17(25)12-10-16(24)23(11-12)14-4-2-1-3-5-14/h1-9,12H,10-11H2,(H,22,25). The normalized spacial score (nSPS) is 17.3. The van der Waals surface area contributed by atoms with Gasteiger partial charge in [-0.05, 0) is 36.4 Å². The molecule has 26 heavy (non-hydrogen) atoms. The fourth-order valence-electron chi connectivity index (χ4n) is 2.72. The number of para-hydroxylation sites is 1. The topological polar surface area (TPSA) is 58.6 Å². The number of carbonyl (C=O) groups excluding carboxylic acids is 2. The second-order valence-corrected chi connectivity index (χ2v) is 5.80. The van der Waals surface area contributed by atoms with E-state index in [1.165, 1.54) is 12.1 Å². The molecule has 5 nitrogen and oxygen atoms in total. The minimum absolute atomic E-state index is 0.0794. The third-order valence-corrected chi connectivity index (χ3v) is 3.92. The number of anilines is 2. The minimum atomic E-state index is -4.77. The highest BCUT2D eigenvalue weighted by Crippen LogP contribution is 2.27. The van der Waals surface area contributed by atoms with Crippen LogP contribution in [0.25, 0.3) is 0 Å². The summed E-state index contributed by atoms with van der Waals surface area (Å²) in [4.78, 5) is 26.0. The zero-order valence-corrected chi connectivity index (χ0v) is 13.5. The van der Waals surface area contributed by atoms with Crippen LogP contribution in [0.3, 0.4) is 0 Å². The van der Waals surface area contributed by atoms with Gasteiger partial charge in [-0.15, -0.1) is 13.2 Å². The first-order valence-electron chi connectivity index (χ1n) is 7.84. The van der Waals surface area contributed by atoms with Gasteiger partial charge in [-0.25, -0.2) is 0 Å². The molecule has 0 bridgehead atoms. The van der Waals surface area contributed by atoms with Crippen molar-refractivity contribution < 1.29 is 27.5 Å². The lowest BCUT2D eigenvalue weighted by Gasteiger charge is -2.16. The van der Waals surface area contributed by atoms with E-state index in [9.17, 15) is 22.8 Å². The van der Waals surface area contributed by atoms with Crippen molar-refractivity contribution in [3.63, 3.8) is 0 Å². The summed E-state index contributed by atoms with van der Waals surface area (Å²) in [5.74, 6) is -1.41. The third-order valence-electron chi connectivity index (χ3n) is 3.92. The zero-order chi connectivity index (χ0) is 18.7. The molecule has 0 radical (unpaired) electrons. The molecule has 1 heterocycles. The molecule has 1 fully saturated rings. The number of nitrogens with one attached hydrogen (secondary N) is 1. The van der Waals surface area contributed by atoms with Crippen molar-refractivity contribution in [3.05, 3.63) is 54.6 Å². The molecule has 0 aliphatic carbocycles. The second kappa shape index (κ2) is 7.07. The van der Waals surface area contributed by atoms with Gasteiger partial charge in [0.05, 0.1) is 5.92 Å². The van der Waals surface area contributed by atoms with Crippen molar-refractivity contribution in [2.75, 3.05) is 16.8 Å². The van der Waals surface area contributed by atoms with Gasteiger partial charge >= 0.3 is 6.36 Å². The molecular weight excluding hydrogens is 349 g/mol. The van der Waals surface area contributed by atoms with Gasteiger partial charge in [0.15, 0.2) is 0 Å². The summed E-state index contributed by atoms with van der Waals surface area (Å²) in [6.07, 6.45) is -4.69. The summed E-state index contributed by atoms with van der Waals surface area (Å²) < 4.78 is 40.2. The summed E-state index contributed by atoms with van der Waals surface area (Å²) >= 11 is 0. The van der Waals surface area contributed by atoms with Gasteiger partial charge < -0.3 is 15.0 Å². The average Bonchev–Trinajstić information content (AvgIpc) is 2.98. The Morgan fingerprint density at radius 1 is 1.08 bits per heavy atom. The smallest absolute Gasteiger partial charge is 0.406 e. The van der Waals surface area contributed by atoms with Crippen LogP contribution >= 0.6 is 0 Å². The first-order valence-corrected chi connectivity index (χ1v) is 7.84. The van der Waals surface area contributed by atoms with Crippen molar-refractivity contribution in [3.8, 4) is 5.75 Å². The molecule has 0 aromatic heterocycles. The predicted molar refractivity (Wildman–Crippen MR) is 88.7 cm³/mol. The van der Waals surface area contributed by atoms with Gasteiger partial charge in [0.2, 0.25) is 11.8 Å². The molecule has 1 aliphatic heterocycles. The highest BCUT2D eigenvalue weighted by atomic mass is 19.4. The molecule has 1 aliphatic rings. The molecule has 3 rings (SSSR count). The number of rotatable bonds is 4. The fourth-order valence-corrected chi connectivity index (χ4v) is 2.72. The maximum Gasteiger partial charge on any atom is 0.573 e. The predicted octanol–water partition coefficient (Wildman–Crippen LogP) is 3.58. The van der Waals surface area contributed by atoms with Gasteiger partial charge in [0.25, 0.3) is 0 Å². The monoisotopic (exact) mass is 364 g/mol. The van der Waals surface area contributed by atoms with Gasteiger partial charge in [0, 0.05) is 24.3 Å². The lowest BCUT2D eigenvalue weighted by atomic mass is 10.1. The highest BCUT2D eigenvalue weighted by Gasteiger charge is 2.35. The summed E-state index contributed by atoms with van der Waals surface area (Å²) in [6.45, 7) is 0.254. The Bertz CT molecular complexity index is 792. The fraction of sp³-hybridized carbons (Fsp3) is 0.222. The van der Waals surface area contributed by atoms with Crippen molar-refractivity contribution in [1.29, 1.82) is 0 Å². The molecule has 0 spiro atoms. The number of halogens is 3. The number of hydrogen-bond acceptors (Lipinski definition) is 3. The quantitative estimate of drug-likeness (QED) is 0.902. The minimum Gasteiger partial charge on any atom is -0.406 e. The van der Waals surface area contributed by atoms with Crippen LogP contribution in [-0.4, -0.2) is 24.7 Å². The van der Waals surface area contributed by atoms with Crippen LogP contribution in [0.2, 0.25) is 0 Å². The summed E-state index contributed by atoms with van der Waals surface area (Å²) in [5, 5.41) is 2.61. The first kappa shape index (κ1) is 17.8. The summed E-state index contributed by atoms with van der Waals surface area (Å²) in [6, 6.07) is 13.9. The zero-order valence-electron chi connectivity index (χ0n) is 13.5. The molecule has 0 saturated carbocycles. The lowest BCUT2D eigenvalue weighted by molar-refractivity contribution is -0.274.